The second-order valence-electron chi connectivity index (χ2n) is 7.78. The van der Waals surface area contributed by atoms with Crippen LogP contribution in [0.5, 0.6) is 5.75 Å². The predicted molar refractivity (Wildman–Crippen MR) is 134 cm³/mol. The number of nitrogens with one attached hydrogen (secondary N) is 2. The van der Waals surface area contributed by atoms with Crippen LogP contribution in [0.25, 0.3) is 0 Å². The predicted octanol–water partition coefficient (Wildman–Crippen LogP) is 4.99. The number of carbonyl (C=O) groups is 1. The van der Waals surface area contributed by atoms with Gasteiger partial charge in [0.2, 0.25) is 10.0 Å². The van der Waals surface area contributed by atoms with E-state index in [0.717, 1.165) is 21.2 Å². The van der Waals surface area contributed by atoms with Crippen LogP contribution < -0.4 is 14.8 Å². The normalized spacial score (nSPS) is 12.2. The zero-order valence-electron chi connectivity index (χ0n) is 18.8. The molecule has 1 amide bonds. The first-order valence-electron chi connectivity index (χ1n) is 10.5. The standard InChI is InChI=1S/C25H27BrN2O4S/c1-17-15-21(26)16-18(2)24(17)32-19(3)25(29)28-22-9-11-23(12-10-22)33(30,31)27-14-13-20-7-5-4-6-8-20/h4-12,15-16,19,27H,13-14H2,1-3H3,(H,28,29). The topological polar surface area (TPSA) is 84.5 Å². The largest absolute Gasteiger partial charge is 0.480 e. The summed E-state index contributed by atoms with van der Waals surface area (Å²) in [6, 6.07) is 19.6. The number of hydrogen-bond acceptors (Lipinski definition) is 4. The minimum absolute atomic E-state index is 0.138. The first-order chi connectivity index (χ1) is 15.7. The molecule has 3 aromatic carbocycles. The average Bonchev–Trinajstić information content (AvgIpc) is 2.77. The van der Waals surface area contributed by atoms with E-state index < -0.39 is 16.1 Å². The van der Waals surface area contributed by atoms with Gasteiger partial charge in [0.15, 0.2) is 6.10 Å². The lowest BCUT2D eigenvalue weighted by Gasteiger charge is -2.18. The van der Waals surface area contributed by atoms with Crippen molar-refractivity contribution in [3.05, 3.63) is 87.9 Å². The highest BCUT2D eigenvalue weighted by Crippen LogP contribution is 2.28. The van der Waals surface area contributed by atoms with Crippen molar-refractivity contribution in [1.82, 2.24) is 4.72 Å². The number of anilines is 1. The SMILES string of the molecule is Cc1cc(Br)cc(C)c1OC(C)C(=O)Nc1ccc(S(=O)(=O)NCCc2ccccc2)cc1. The van der Waals surface area contributed by atoms with Crippen LogP contribution in [-0.2, 0) is 21.2 Å². The van der Waals surface area contributed by atoms with Crippen LogP contribution in [0.2, 0.25) is 0 Å². The highest BCUT2D eigenvalue weighted by molar-refractivity contribution is 9.10. The van der Waals surface area contributed by atoms with E-state index in [-0.39, 0.29) is 10.8 Å². The van der Waals surface area contributed by atoms with Gasteiger partial charge in [-0.15, -0.1) is 0 Å². The summed E-state index contributed by atoms with van der Waals surface area (Å²) in [5.41, 5.74) is 3.40. The van der Waals surface area contributed by atoms with Gasteiger partial charge in [-0.2, -0.15) is 0 Å². The molecule has 1 unspecified atom stereocenters. The number of hydrogen-bond donors (Lipinski definition) is 2. The second kappa shape index (κ2) is 11.0. The van der Waals surface area contributed by atoms with Crippen LogP contribution >= 0.6 is 15.9 Å². The van der Waals surface area contributed by atoms with E-state index in [0.29, 0.717) is 24.4 Å². The lowest BCUT2D eigenvalue weighted by atomic mass is 10.1. The molecule has 33 heavy (non-hydrogen) atoms. The average molecular weight is 531 g/mol. The molecular formula is C25H27BrN2O4S. The number of carbonyl (C=O) groups excluding carboxylic acids is 1. The molecule has 0 radical (unpaired) electrons. The van der Waals surface area contributed by atoms with E-state index in [9.17, 15) is 13.2 Å². The molecular weight excluding hydrogens is 504 g/mol. The Balaban J connectivity index is 1.57. The van der Waals surface area contributed by atoms with E-state index in [1.54, 1.807) is 19.1 Å². The lowest BCUT2D eigenvalue weighted by molar-refractivity contribution is -0.122. The van der Waals surface area contributed by atoms with Crippen LogP contribution in [0, 0.1) is 13.8 Å². The summed E-state index contributed by atoms with van der Waals surface area (Å²) in [7, 11) is -3.64. The summed E-state index contributed by atoms with van der Waals surface area (Å²) in [6.45, 7) is 5.82. The van der Waals surface area contributed by atoms with E-state index >= 15 is 0 Å². The van der Waals surface area contributed by atoms with Crippen molar-refractivity contribution in [3.8, 4) is 5.75 Å². The summed E-state index contributed by atoms with van der Waals surface area (Å²) in [6.07, 6.45) is -0.129. The third kappa shape index (κ3) is 6.90. The Hall–Kier alpha value is -2.68. The van der Waals surface area contributed by atoms with Crippen molar-refractivity contribution in [2.75, 3.05) is 11.9 Å². The molecule has 174 valence electrons. The van der Waals surface area contributed by atoms with Gasteiger partial charge in [0.05, 0.1) is 4.90 Å². The molecule has 0 bridgehead atoms. The van der Waals surface area contributed by atoms with Crippen molar-refractivity contribution >= 4 is 37.5 Å². The Kier molecular flexibility index (Phi) is 8.29. The van der Waals surface area contributed by atoms with Gasteiger partial charge < -0.3 is 10.1 Å². The van der Waals surface area contributed by atoms with Gasteiger partial charge in [0.25, 0.3) is 5.91 Å². The lowest BCUT2D eigenvalue weighted by Crippen LogP contribution is -2.30. The van der Waals surface area contributed by atoms with Gasteiger partial charge in [-0.25, -0.2) is 13.1 Å². The zero-order valence-corrected chi connectivity index (χ0v) is 21.2. The van der Waals surface area contributed by atoms with Crippen molar-refractivity contribution in [2.24, 2.45) is 0 Å². The molecule has 3 rings (SSSR count). The fourth-order valence-corrected chi connectivity index (χ4v) is 5.05. The third-order valence-corrected chi connectivity index (χ3v) is 7.00. The molecule has 3 aromatic rings. The van der Waals surface area contributed by atoms with E-state index in [2.05, 4.69) is 26.0 Å². The van der Waals surface area contributed by atoms with Gasteiger partial charge in [-0.05, 0) is 80.3 Å². The molecule has 1 atom stereocenters. The summed E-state index contributed by atoms with van der Waals surface area (Å²) < 4.78 is 34.5. The molecule has 0 spiro atoms. The molecule has 0 aliphatic heterocycles. The van der Waals surface area contributed by atoms with Crippen molar-refractivity contribution in [1.29, 1.82) is 0 Å². The molecule has 0 fully saturated rings. The molecule has 6 nitrogen and oxygen atoms in total. The maximum absolute atomic E-state index is 12.6. The maximum atomic E-state index is 12.6. The van der Waals surface area contributed by atoms with Gasteiger partial charge in [-0.1, -0.05) is 46.3 Å². The molecule has 0 saturated heterocycles. The highest BCUT2D eigenvalue weighted by Gasteiger charge is 2.18. The summed E-state index contributed by atoms with van der Waals surface area (Å²) in [5, 5.41) is 2.77. The van der Waals surface area contributed by atoms with Gasteiger partial charge >= 0.3 is 0 Å². The number of ether oxygens (including phenoxy) is 1. The Morgan fingerprint density at radius 3 is 2.21 bits per heavy atom. The summed E-state index contributed by atoms with van der Waals surface area (Å²) >= 11 is 3.45. The minimum Gasteiger partial charge on any atom is -0.480 e. The van der Waals surface area contributed by atoms with Crippen LogP contribution in [0.4, 0.5) is 5.69 Å². The second-order valence-corrected chi connectivity index (χ2v) is 10.5. The Bertz CT molecular complexity index is 1190. The highest BCUT2D eigenvalue weighted by atomic mass is 79.9. The Labute approximate surface area is 203 Å². The van der Waals surface area contributed by atoms with Crippen molar-refractivity contribution in [3.63, 3.8) is 0 Å². The molecule has 0 aliphatic rings. The number of benzene rings is 3. The fourth-order valence-electron chi connectivity index (χ4n) is 3.33. The molecule has 0 aliphatic carbocycles. The first kappa shape index (κ1) is 25.0. The summed E-state index contributed by atoms with van der Waals surface area (Å²) in [4.78, 5) is 12.7. The van der Waals surface area contributed by atoms with Gasteiger partial charge in [0, 0.05) is 16.7 Å². The van der Waals surface area contributed by atoms with Crippen LogP contribution in [0.15, 0.2) is 76.1 Å². The van der Waals surface area contributed by atoms with Crippen LogP contribution in [-0.4, -0.2) is 27.0 Å². The number of halogens is 1. The van der Waals surface area contributed by atoms with Crippen molar-refractivity contribution < 1.29 is 17.9 Å². The monoisotopic (exact) mass is 530 g/mol. The Morgan fingerprint density at radius 2 is 1.61 bits per heavy atom. The number of amides is 1. The molecule has 0 aromatic heterocycles. The van der Waals surface area contributed by atoms with E-state index in [1.165, 1.54) is 12.1 Å². The molecule has 0 saturated carbocycles. The number of rotatable bonds is 9. The van der Waals surface area contributed by atoms with E-state index in [4.69, 9.17) is 4.74 Å². The molecule has 0 heterocycles. The Morgan fingerprint density at radius 1 is 1.00 bits per heavy atom. The fraction of sp³-hybridized carbons (Fsp3) is 0.240. The van der Waals surface area contributed by atoms with Gasteiger partial charge in [0.1, 0.15) is 5.75 Å². The first-order valence-corrected chi connectivity index (χ1v) is 12.8. The molecule has 2 N–H and O–H groups in total. The quantitative estimate of drug-likeness (QED) is 0.408. The number of sulfonamides is 1. The molecule has 8 heteroatoms. The van der Waals surface area contributed by atoms with Gasteiger partial charge in [-0.3, -0.25) is 4.79 Å². The third-order valence-electron chi connectivity index (χ3n) is 5.07. The van der Waals surface area contributed by atoms with Crippen molar-refractivity contribution in [2.45, 2.75) is 38.2 Å². The number of aryl methyl sites for hydroxylation is 2. The maximum Gasteiger partial charge on any atom is 0.265 e. The smallest absolute Gasteiger partial charge is 0.265 e. The van der Waals surface area contributed by atoms with Crippen LogP contribution in [0.3, 0.4) is 0 Å². The minimum atomic E-state index is -3.64. The van der Waals surface area contributed by atoms with E-state index in [1.807, 2.05) is 56.3 Å². The van der Waals surface area contributed by atoms with Crippen LogP contribution in [0.1, 0.15) is 23.6 Å². The summed E-state index contributed by atoms with van der Waals surface area (Å²) in [5.74, 6) is 0.345. The zero-order chi connectivity index (χ0) is 24.0.